The maximum atomic E-state index is 11.7. The first-order chi connectivity index (χ1) is 5.52. The predicted octanol–water partition coefficient (Wildman–Crippen LogP) is 2.65. The van der Waals surface area contributed by atoms with Crippen molar-refractivity contribution in [2.24, 2.45) is 23.2 Å². The summed E-state index contributed by atoms with van der Waals surface area (Å²) in [5.41, 5.74) is 0.298. The maximum absolute atomic E-state index is 11.7. The van der Waals surface area contributed by atoms with Crippen molar-refractivity contribution in [1.82, 2.24) is 0 Å². The van der Waals surface area contributed by atoms with E-state index in [-0.39, 0.29) is 0 Å². The van der Waals surface area contributed by atoms with Crippen molar-refractivity contribution < 1.29 is 4.79 Å². The van der Waals surface area contributed by atoms with Gasteiger partial charge in [-0.2, -0.15) is 0 Å². The Morgan fingerprint density at radius 2 is 2.00 bits per heavy atom. The van der Waals surface area contributed by atoms with E-state index < -0.39 is 0 Å². The summed E-state index contributed by atoms with van der Waals surface area (Å²) in [4.78, 5) is 11.7. The molecule has 12 heavy (non-hydrogen) atoms. The number of hydrogen-bond donors (Lipinski definition) is 0. The van der Waals surface area contributed by atoms with Crippen molar-refractivity contribution in [2.45, 2.75) is 40.0 Å². The average Bonchev–Trinajstić information content (AvgIpc) is 2.38. The Balaban J connectivity index is 2.29. The lowest BCUT2D eigenvalue weighted by Crippen LogP contribution is -2.19. The van der Waals surface area contributed by atoms with E-state index in [1.165, 1.54) is 12.8 Å². The van der Waals surface area contributed by atoms with Gasteiger partial charge in [-0.05, 0) is 30.1 Å². The molecule has 0 radical (unpaired) electrons. The Morgan fingerprint density at radius 1 is 1.33 bits per heavy atom. The predicted molar refractivity (Wildman–Crippen MR) is 48.8 cm³/mol. The zero-order valence-corrected chi connectivity index (χ0v) is 8.26. The minimum Gasteiger partial charge on any atom is -0.299 e. The lowest BCUT2D eigenvalue weighted by Gasteiger charge is -2.24. The SMILES string of the molecule is C[C@H]1CC[C@H]2[C@@H]1C(=O)CC2(C)C. The zero-order chi connectivity index (χ0) is 8.93. The molecule has 0 aromatic heterocycles. The van der Waals surface area contributed by atoms with E-state index in [9.17, 15) is 4.79 Å². The summed E-state index contributed by atoms with van der Waals surface area (Å²) in [5.74, 6) is 2.30. The number of hydrogen-bond acceptors (Lipinski definition) is 1. The van der Waals surface area contributed by atoms with Crippen LogP contribution in [0.2, 0.25) is 0 Å². The van der Waals surface area contributed by atoms with Crippen molar-refractivity contribution >= 4 is 5.78 Å². The molecule has 2 aliphatic carbocycles. The minimum absolute atomic E-state index is 0.298. The van der Waals surface area contributed by atoms with Crippen molar-refractivity contribution in [3.8, 4) is 0 Å². The van der Waals surface area contributed by atoms with E-state index in [2.05, 4.69) is 20.8 Å². The van der Waals surface area contributed by atoms with Crippen LogP contribution in [-0.2, 0) is 4.79 Å². The van der Waals surface area contributed by atoms with Gasteiger partial charge in [0, 0.05) is 12.3 Å². The first kappa shape index (κ1) is 8.28. The monoisotopic (exact) mass is 166 g/mol. The van der Waals surface area contributed by atoms with E-state index in [1.54, 1.807) is 0 Å². The van der Waals surface area contributed by atoms with Gasteiger partial charge >= 0.3 is 0 Å². The molecule has 0 heterocycles. The second-order valence-electron chi connectivity index (χ2n) is 5.32. The maximum Gasteiger partial charge on any atom is 0.137 e. The van der Waals surface area contributed by atoms with Crippen LogP contribution < -0.4 is 0 Å². The summed E-state index contributed by atoms with van der Waals surface area (Å²) in [6, 6.07) is 0. The molecular weight excluding hydrogens is 148 g/mol. The molecule has 3 atom stereocenters. The normalized spacial score (nSPS) is 44.9. The van der Waals surface area contributed by atoms with Gasteiger partial charge in [0.05, 0.1) is 0 Å². The fourth-order valence-corrected chi connectivity index (χ4v) is 3.31. The average molecular weight is 166 g/mol. The highest BCUT2D eigenvalue weighted by molar-refractivity contribution is 5.85. The van der Waals surface area contributed by atoms with Gasteiger partial charge in [-0.15, -0.1) is 0 Å². The number of carbonyl (C=O) groups is 1. The second kappa shape index (κ2) is 2.34. The van der Waals surface area contributed by atoms with Crippen LogP contribution in [0, 0.1) is 23.2 Å². The van der Waals surface area contributed by atoms with Crippen molar-refractivity contribution in [3.63, 3.8) is 0 Å². The van der Waals surface area contributed by atoms with E-state index >= 15 is 0 Å². The second-order valence-corrected chi connectivity index (χ2v) is 5.32. The highest BCUT2D eigenvalue weighted by Crippen LogP contribution is 2.54. The molecule has 0 spiro atoms. The molecule has 0 aliphatic heterocycles. The third-order valence-electron chi connectivity index (χ3n) is 3.98. The molecule has 0 N–H and O–H groups in total. The summed E-state index contributed by atoms with van der Waals surface area (Å²) >= 11 is 0. The Kier molecular flexibility index (Phi) is 1.61. The molecule has 0 amide bonds. The van der Waals surface area contributed by atoms with Crippen LogP contribution in [0.5, 0.6) is 0 Å². The zero-order valence-electron chi connectivity index (χ0n) is 8.26. The van der Waals surface area contributed by atoms with Gasteiger partial charge in [0.25, 0.3) is 0 Å². The lowest BCUT2D eigenvalue weighted by molar-refractivity contribution is -0.122. The molecule has 1 heteroatoms. The third kappa shape index (κ3) is 0.949. The summed E-state index contributed by atoms with van der Waals surface area (Å²) in [6.07, 6.45) is 3.38. The molecule has 0 aromatic rings. The van der Waals surface area contributed by atoms with Crippen LogP contribution >= 0.6 is 0 Å². The van der Waals surface area contributed by atoms with E-state index in [0.717, 1.165) is 6.42 Å². The lowest BCUT2D eigenvalue weighted by atomic mass is 9.79. The number of ketones is 1. The topological polar surface area (TPSA) is 17.1 Å². The molecule has 1 nitrogen and oxygen atoms in total. The van der Waals surface area contributed by atoms with Crippen molar-refractivity contribution in [2.75, 3.05) is 0 Å². The largest absolute Gasteiger partial charge is 0.299 e. The van der Waals surface area contributed by atoms with Gasteiger partial charge < -0.3 is 0 Å². The molecule has 0 aromatic carbocycles. The van der Waals surface area contributed by atoms with Crippen LogP contribution in [0.15, 0.2) is 0 Å². The van der Waals surface area contributed by atoms with Crippen LogP contribution in [0.4, 0.5) is 0 Å². The van der Waals surface area contributed by atoms with Gasteiger partial charge in [-0.3, -0.25) is 4.79 Å². The quantitative estimate of drug-likeness (QED) is 0.540. The highest BCUT2D eigenvalue weighted by atomic mass is 16.1. The Bertz CT molecular complexity index is 217. The number of Topliss-reactive ketones (excluding diaryl/α,β-unsaturated/α-hetero) is 1. The van der Waals surface area contributed by atoms with Gasteiger partial charge in [-0.25, -0.2) is 0 Å². The van der Waals surface area contributed by atoms with Gasteiger partial charge in [0.1, 0.15) is 5.78 Å². The molecule has 68 valence electrons. The summed E-state index contributed by atoms with van der Waals surface area (Å²) in [6.45, 7) is 6.76. The minimum atomic E-state index is 0.298. The molecule has 0 bridgehead atoms. The highest BCUT2D eigenvalue weighted by Gasteiger charge is 2.52. The van der Waals surface area contributed by atoms with E-state index in [1.807, 2.05) is 0 Å². The van der Waals surface area contributed by atoms with Crippen LogP contribution in [-0.4, -0.2) is 5.78 Å². The van der Waals surface area contributed by atoms with Crippen LogP contribution in [0.1, 0.15) is 40.0 Å². The molecule has 2 aliphatic rings. The molecule has 2 saturated carbocycles. The Labute approximate surface area is 74.5 Å². The first-order valence-corrected chi connectivity index (χ1v) is 5.05. The Morgan fingerprint density at radius 3 is 2.58 bits per heavy atom. The van der Waals surface area contributed by atoms with Crippen molar-refractivity contribution in [3.05, 3.63) is 0 Å². The fourth-order valence-electron chi connectivity index (χ4n) is 3.31. The summed E-state index contributed by atoms with van der Waals surface area (Å²) in [7, 11) is 0. The number of carbonyl (C=O) groups excluding carboxylic acids is 1. The van der Waals surface area contributed by atoms with Gasteiger partial charge in [-0.1, -0.05) is 20.8 Å². The fraction of sp³-hybridized carbons (Fsp3) is 0.909. The molecule has 0 unspecified atom stereocenters. The third-order valence-corrected chi connectivity index (χ3v) is 3.98. The Hall–Kier alpha value is -0.330. The summed E-state index contributed by atoms with van der Waals surface area (Å²) < 4.78 is 0. The summed E-state index contributed by atoms with van der Waals surface area (Å²) in [5, 5.41) is 0. The smallest absolute Gasteiger partial charge is 0.137 e. The standard InChI is InChI=1S/C11H18O/c1-7-4-5-8-10(7)9(12)6-11(8,2)3/h7-8,10H,4-6H2,1-3H3/t7-,8-,10+/m0/s1. The van der Waals surface area contributed by atoms with E-state index in [4.69, 9.17) is 0 Å². The molecular formula is C11H18O. The van der Waals surface area contributed by atoms with Gasteiger partial charge in [0.15, 0.2) is 0 Å². The van der Waals surface area contributed by atoms with Crippen LogP contribution in [0.3, 0.4) is 0 Å². The van der Waals surface area contributed by atoms with Crippen molar-refractivity contribution in [1.29, 1.82) is 0 Å². The molecule has 0 saturated heterocycles. The molecule has 2 rings (SSSR count). The molecule has 2 fully saturated rings. The number of rotatable bonds is 0. The van der Waals surface area contributed by atoms with E-state index in [0.29, 0.717) is 29.0 Å². The first-order valence-electron chi connectivity index (χ1n) is 5.05. The number of fused-ring (bicyclic) bond motifs is 1. The van der Waals surface area contributed by atoms with Crippen LogP contribution in [0.25, 0.3) is 0 Å². The van der Waals surface area contributed by atoms with Gasteiger partial charge in [0.2, 0.25) is 0 Å².